The van der Waals surface area contributed by atoms with Gasteiger partial charge in [0.05, 0.1) is 38.0 Å². The van der Waals surface area contributed by atoms with Crippen LogP contribution < -0.4 is 14.4 Å². The summed E-state index contributed by atoms with van der Waals surface area (Å²) in [6, 6.07) is 3.49. The summed E-state index contributed by atoms with van der Waals surface area (Å²) < 4.78 is 59.2. The minimum Gasteiger partial charge on any atom is -0.479 e. The number of methoxy groups -OCH3 is 3. The van der Waals surface area contributed by atoms with Crippen molar-refractivity contribution < 1.29 is 27.0 Å². The minimum absolute atomic E-state index is 0.0819. The van der Waals surface area contributed by atoms with Crippen LogP contribution >= 0.6 is 0 Å². The molecule has 5 rings (SSSR count). The number of pyridine rings is 1. The van der Waals surface area contributed by atoms with E-state index in [2.05, 4.69) is 35.1 Å². The van der Waals surface area contributed by atoms with Gasteiger partial charge in [0.2, 0.25) is 17.7 Å². The van der Waals surface area contributed by atoms with Gasteiger partial charge in [-0.3, -0.25) is 9.55 Å². The second-order valence-electron chi connectivity index (χ2n) is 8.89. The Bertz CT molecular complexity index is 1550. The van der Waals surface area contributed by atoms with Gasteiger partial charge < -0.3 is 19.1 Å². The first-order valence-corrected chi connectivity index (χ1v) is 13.8. The Hall–Kier alpha value is -4.31. The number of rotatable bonds is 9. The molecule has 40 heavy (non-hydrogen) atoms. The molecule has 4 aromatic heterocycles. The molecule has 1 saturated heterocycles. The van der Waals surface area contributed by atoms with Crippen molar-refractivity contribution in [1.82, 2.24) is 39.7 Å². The molecule has 14 nitrogen and oxygen atoms in total. The van der Waals surface area contributed by atoms with Crippen molar-refractivity contribution >= 4 is 15.8 Å². The number of piperidine rings is 1. The third-order valence-electron chi connectivity index (χ3n) is 6.45. The maximum atomic E-state index is 13.9. The van der Waals surface area contributed by atoms with E-state index < -0.39 is 32.8 Å². The Morgan fingerprint density at radius 3 is 2.35 bits per heavy atom. The number of halogens is 1. The lowest BCUT2D eigenvalue weighted by atomic mass is 10.1. The molecule has 0 unspecified atom stereocenters. The van der Waals surface area contributed by atoms with Crippen LogP contribution in [0.4, 0.5) is 10.3 Å². The van der Waals surface area contributed by atoms with Crippen LogP contribution in [0.25, 0.3) is 17.1 Å². The molecule has 5 heterocycles. The topological polar surface area (TPSA) is 160 Å². The predicted octanol–water partition coefficient (Wildman–Crippen LogP) is 1.27. The van der Waals surface area contributed by atoms with Gasteiger partial charge in [-0.25, -0.2) is 22.8 Å². The highest BCUT2D eigenvalue weighted by Gasteiger charge is 2.38. The second kappa shape index (κ2) is 11.4. The molecular weight excluding hydrogens is 545 g/mol. The fraction of sp³-hybridized carbons (Fsp3) is 0.375. The summed E-state index contributed by atoms with van der Waals surface area (Å²) in [6.45, 7) is 0.434. The molecule has 0 aliphatic carbocycles. The molecule has 0 saturated carbocycles. The predicted molar refractivity (Wildman–Crippen MR) is 139 cm³/mol. The maximum absolute atomic E-state index is 13.9. The van der Waals surface area contributed by atoms with Crippen molar-refractivity contribution in [2.75, 3.05) is 39.3 Å². The lowest BCUT2D eigenvalue weighted by Crippen LogP contribution is -2.50. The van der Waals surface area contributed by atoms with E-state index in [4.69, 9.17) is 14.2 Å². The van der Waals surface area contributed by atoms with Gasteiger partial charge in [0.1, 0.15) is 12.1 Å². The molecule has 1 fully saturated rings. The van der Waals surface area contributed by atoms with Crippen molar-refractivity contribution in [3.8, 4) is 28.8 Å². The highest BCUT2D eigenvalue weighted by molar-refractivity contribution is 7.91. The quantitative estimate of drug-likeness (QED) is 0.283. The van der Waals surface area contributed by atoms with Crippen LogP contribution in [0.1, 0.15) is 12.2 Å². The largest absolute Gasteiger partial charge is 0.479 e. The monoisotopic (exact) mass is 571 g/mol. The Labute approximate surface area is 229 Å². The molecule has 0 spiro atoms. The maximum Gasteiger partial charge on any atom is 0.245 e. The van der Waals surface area contributed by atoms with Gasteiger partial charge in [-0.2, -0.15) is 9.97 Å². The molecular formula is C24H26FN9O5S. The smallest absolute Gasteiger partial charge is 0.245 e. The molecule has 4 aromatic rings. The van der Waals surface area contributed by atoms with Crippen molar-refractivity contribution in [3.63, 3.8) is 0 Å². The van der Waals surface area contributed by atoms with E-state index in [0.29, 0.717) is 17.9 Å². The molecule has 0 amide bonds. The zero-order valence-corrected chi connectivity index (χ0v) is 22.7. The first-order chi connectivity index (χ1) is 19.3. The van der Waals surface area contributed by atoms with E-state index in [1.807, 2.05) is 0 Å². The van der Waals surface area contributed by atoms with Crippen molar-refractivity contribution in [2.24, 2.45) is 0 Å². The molecule has 1 aliphatic rings. The number of anilines is 1. The molecule has 210 valence electrons. The fourth-order valence-corrected chi connectivity index (χ4v) is 6.23. The highest BCUT2D eigenvalue weighted by atomic mass is 32.2. The number of nitrogens with zero attached hydrogens (tertiary/aromatic N) is 9. The second-order valence-corrected chi connectivity index (χ2v) is 11.2. The van der Waals surface area contributed by atoms with E-state index in [9.17, 15) is 12.8 Å². The summed E-state index contributed by atoms with van der Waals surface area (Å²) in [5.74, 6) is -0.215. The Morgan fingerprint density at radius 1 is 1.00 bits per heavy atom. The van der Waals surface area contributed by atoms with E-state index in [-0.39, 0.29) is 42.2 Å². The van der Waals surface area contributed by atoms with Crippen LogP contribution in [0.3, 0.4) is 0 Å². The Morgan fingerprint density at radius 2 is 1.73 bits per heavy atom. The van der Waals surface area contributed by atoms with Gasteiger partial charge in [0, 0.05) is 38.2 Å². The van der Waals surface area contributed by atoms with Crippen molar-refractivity contribution in [1.29, 1.82) is 0 Å². The van der Waals surface area contributed by atoms with Crippen molar-refractivity contribution in [2.45, 2.75) is 23.5 Å². The SMILES string of the molecule is COc1ncnc(OC)c1-n1c(CS(=O)(=O)[C@@H]2C[C@@H](OC)CN(c3ncc(F)cn3)C2)nnc1-c1cccnc1. The summed E-state index contributed by atoms with van der Waals surface area (Å²) in [7, 11) is 0.479. The number of hydrogen-bond donors (Lipinski definition) is 0. The number of aromatic nitrogens is 8. The molecule has 0 aromatic carbocycles. The zero-order chi connectivity index (χ0) is 28.3. The lowest BCUT2D eigenvalue weighted by Gasteiger charge is -2.36. The van der Waals surface area contributed by atoms with Gasteiger partial charge in [-0.05, 0) is 18.6 Å². The third kappa shape index (κ3) is 5.40. The summed E-state index contributed by atoms with van der Waals surface area (Å²) in [5, 5.41) is 7.68. The van der Waals surface area contributed by atoms with E-state index in [0.717, 1.165) is 12.4 Å². The van der Waals surface area contributed by atoms with Crippen LogP contribution in [-0.2, 0) is 20.3 Å². The lowest BCUT2D eigenvalue weighted by molar-refractivity contribution is 0.0897. The van der Waals surface area contributed by atoms with E-state index in [1.165, 1.54) is 32.2 Å². The van der Waals surface area contributed by atoms with Crippen LogP contribution in [0.5, 0.6) is 11.8 Å². The number of hydrogen-bond acceptors (Lipinski definition) is 13. The molecule has 2 atom stereocenters. The molecule has 0 N–H and O–H groups in total. The number of sulfone groups is 1. The molecule has 16 heteroatoms. The molecule has 0 radical (unpaired) electrons. The summed E-state index contributed by atoms with van der Waals surface area (Å²) >= 11 is 0. The van der Waals surface area contributed by atoms with Gasteiger partial charge in [0.15, 0.2) is 33.0 Å². The van der Waals surface area contributed by atoms with Gasteiger partial charge in [0.25, 0.3) is 0 Å². The van der Waals surface area contributed by atoms with Gasteiger partial charge in [-0.1, -0.05) is 0 Å². The minimum atomic E-state index is -3.88. The molecule has 0 bridgehead atoms. The van der Waals surface area contributed by atoms with Crippen LogP contribution in [0.15, 0.2) is 43.2 Å². The average Bonchev–Trinajstić information content (AvgIpc) is 3.39. The summed E-state index contributed by atoms with van der Waals surface area (Å²) in [4.78, 5) is 22.2. The van der Waals surface area contributed by atoms with Crippen LogP contribution in [0, 0.1) is 5.82 Å². The van der Waals surface area contributed by atoms with E-state index in [1.54, 1.807) is 29.4 Å². The standard InChI is InChI=1S/C24H26FN9O5S/c1-37-17-7-18(12-33(11-17)24-27-9-16(25)10-28-24)40(35,36)13-19-31-32-21(15-5-4-6-26-8-15)34(19)20-22(38-2)29-14-30-23(20)39-3/h4-6,8-10,14,17-18H,7,11-13H2,1-3H3/t17-,18-/m1/s1. The zero-order valence-electron chi connectivity index (χ0n) is 21.9. The van der Waals surface area contributed by atoms with Crippen LogP contribution in [0.2, 0.25) is 0 Å². The normalized spacial score (nSPS) is 17.6. The Balaban J connectivity index is 1.56. The van der Waals surface area contributed by atoms with Gasteiger partial charge in [-0.15, -0.1) is 10.2 Å². The summed E-state index contributed by atoms with van der Waals surface area (Å²) in [6.07, 6.45) is 6.33. The van der Waals surface area contributed by atoms with Gasteiger partial charge >= 0.3 is 0 Å². The Kier molecular flexibility index (Phi) is 7.79. The molecule has 1 aliphatic heterocycles. The van der Waals surface area contributed by atoms with Crippen LogP contribution in [-0.4, -0.2) is 93.9 Å². The average molecular weight is 572 g/mol. The number of ether oxygens (including phenoxy) is 3. The highest BCUT2D eigenvalue weighted by Crippen LogP contribution is 2.34. The first kappa shape index (κ1) is 27.3. The van der Waals surface area contributed by atoms with E-state index >= 15 is 0 Å². The third-order valence-corrected chi connectivity index (χ3v) is 8.47. The summed E-state index contributed by atoms with van der Waals surface area (Å²) in [5.41, 5.74) is 0.810. The van der Waals surface area contributed by atoms with Crippen molar-refractivity contribution in [3.05, 3.63) is 54.9 Å². The fourth-order valence-electron chi connectivity index (χ4n) is 4.53. The first-order valence-electron chi connectivity index (χ1n) is 12.1.